The van der Waals surface area contributed by atoms with Gasteiger partial charge in [0.15, 0.2) is 5.82 Å². The van der Waals surface area contributed by atoms with Crippen LogP contribution in [0.15, 0.2) is 78.3 Å². The smallest absolute Gasteiger partial charge is 0.163 e. The van der Waals surface area contributed by atoms with Crippen LogP contribution in [0.5, 0.6) is 0 Å². The van der Waals surface area contributed by atoms with Gasteiger partial charge < -0.3 is 4.90 Å². The summed E-state index contributed by atoms with van der Waals surface area (Å²) in [7, 11) is 0. The highest BCUT2D eigenvalue weighted by molar-refractivity contribution is 6.31. The quantitative estimate of drug-likeness (QED) is 0.493. The van der Waals surface area contributed by atoms with E-state index < -0.39 is 0 Å². The van der Waals surface area contributed by atoms with Crippen molar-refractivity contribution in [3.63, 3.8) is 0 Å². The molecule has 0 saturated carbocycles. The summed E-state index contributed by atoms with van der Waals surface area (Å²) in [5, 5.41) is 1.67. The van der Waals surface area contributed by atoms with Crippen molar-refractivity contribution in [2.75, 3.05) is 11.4 Å². The molecule has 0 radical (unpaired) electrons. The molecule has 0 saturated heterocycles. The summed E-state index contributed by atoms with van der Waals surface area (Å²) in [6.45, 7) is 10.9. The highest BCUT2D eigenvalue weighted by Gasteiger charge is 2.15. The first kappa shape index (κ1) is 20.7. The van der Waals surface area contributed by atoms with Crippen LogP contribution in [0.25, 0.3) is 22.3 Å². The number of aromatic nitrogens is 3. The summed E-state index contributed by atoms with van der Waals surface area (Å²) < 4.78 is 0. The predicted octanol–water partition coefficient (Wildman–Crippen LogP) is 6.43. The van der Waals surface area contributed by atoms with Crippen LogP contribution in [0, 0.1) is 6.92 Å². The van der Waals surface area contributed by atoms with E-state index in [1.807, 2.05) is 50.4 Å². The van der Waals surface area contributed by atoms with Gasteiger partial charge in [-0.1, -0.05) is 49.2 Å². The number of anilines is 1. The number of allylic oxidation sites excluding steroid dienone is 3. The summed E-state index contributed by atoms with van der Waals surface area (Å²) in [5.41, 5.74) is 3.95. The third kappa shape index (κ3) is 4.90. The van der Waals surface area contributed by atoms with Crippen LogP contribution in [0.2, 0.25) is 0 Å². The minimum atomic E-state index is 0.658. The van der Waals surface area contributed by atoms with Crippen molar-refractivity contribution < 1.29 is 0 Å². The zero-order chi connectivity index (χ0) is 20.8. The maximum Gasteiger partial charge on any atom is 0.163 e. The minimum Gasteiger partial charge on any atom is -0.332 e. The molecular weight excluding hydrogens is 380 g/mol. The topological polar surface area (TPSA) is 41.9 Å². The van der Waals surface area contributed by atoms with Gasteiger partial charge in [-0.3, -0.25) is 4.98 Å². The van der Waals surface area contributed by atoms with E-state index in [2.05, 4.69) is 35.5 Å². The van der Waals surface area contributed by atoms with Crippen LogP contribution in [0.3, 0.4) is 0 Å². The zero-order valence-corrected chi connectivity index (χ0v) is 17.8. The Morgan fingerprint density at radius 1 is 1.14 bits per heavy atom. The lowest BCUT2D eigenvalue weighted by Gasteiger charge is -2.23. The van der Waals surface area contributed by atoms with Crippen LogP contribution in [-0.4, -0.2) is 21.5 Å². The van der Waals surface area contributed by atoms with Gasteiger partial charge in [0.2, 0.25) is 0 Å². The number of hydrogen-bond acceptors (Lipinski definition) is 4. The Labute approximate surface area is 177 Å². The Kier molecular flexibility index (Phi) is 6.78. The third-order valence-corrected chi connectivity index (χ3v) is 4.69. The van der Waals surface area contributed by atoms with Gasteiger partial charge in [0.1, 0.15) is 5.82 Å². The fourth-order valence-corrected chi connectivity index (χ4v) is 3.27. The SMILES string of the molecule is C=C1/C=C(Cl)\C=C/N(c2nc(-c3cccnc3)nc3ccc(C)cc23)CC1.CC. The first-order valence-electron chi connectivity index (χ1n) is 9.79. The highest BCUT2D eigenvalue weighted by Crippen LogP contribution is 2.30. The van der Waals surface area contributed by atoms with E-state index in [1.54, 1.807) is 12.4 Å². The van der Waals surface area contributed by atoms with E-state index >= 15 is 0 Å². The molecule has 0 amide bonds. The Bertz CT molecular complexity index is 1070. The maximum absolute atomic E-state index is 6.26. The fourth-order valence-electron chi connectivity index (χ4n) is 3.06. The number of aryl methyl sites for hydroxylation is 1. The Morgan fingerprint density at radius 2 is 1.97 bits per heavy atom. The molecule has 3 aromatic rings. The summed E-state index contributed by atoms with van der Waals surface area (Å²) in [6, 6.07) is 10.1. The van der Waals surface area contributed by atoms with Gasteiger partial charge in [0, 0.05) is 41.1 Å². The van der Waals surface area contributed by atoms with Gasteiger partial charge in [-0.2, -0.15) is 0 Å². The molecule has 1 aliphatic heterocycles. The first-order valence-corrected chi connectivity index (χ1v) is 10.2. The molecule has 148 valence electrons. The molecule has 29 heavy (non-hydrogen) atoms. The summed E-state index contributed by atoms with van der Waals surface area (Å²) in [5.74, 6) is 1.52. The zero-order valence-electron chi connectivity index (χ0n) is 17.1. The monoisotopic (exact) mass is 404 g/mol. The van der Waals surface area contributed by atoms with Crippen LogP contribution in [0.4, 0.5) is 5.82 Å². The number of pyridine rings is 1. The molecule has 0 N–H and O–H groups in total. The van der Waals surface area contributed by atoms with Crippen LogP contribution >= 0.6 is 11.6 Å². The Balaban J connectivity index is 0.00000117. The van der Waals surface area contributed by atoms with Crippen molar-refractivity contribution in [3.8, 4) is 11.4 Å². The van der Waals surface area contributed by atoms with Crippen LogP contribution < -0.4 is 4.90 Å². The average Bonchev–Trinajstić information content (AvgIpc) is 2.74. The van der Waals surface area contributed by atoms with Crippen LogP contribution in [-0.2, 0) is 0 Å². The number of hydrogen-bond donors (Lipinski definition) is 0. The Morgan fingerprint density at radius 3 is 2.72 bits per heavy atom. The van der Waals surface area contributed by atoms with Crippen molar-refractivity contribution in [3.05, 3.63) is 83.8 Å². The third-order valence-electron chi connectivity index (χ3n) is 4.45. The van der Waals surface area contributed by atoms with Gasteiger partial charge in [-0.25, -0.2) is 9.97 Å². The largest absolute Gasteiger partial charge is 0.332 e. The summed E-state index contributed by atoms with van der Waals surface area (Å²) >= 11 is 6.26. The molecule has 4 nitrogen and oxygen atoms in total. The average molecular weight is 405 g/mol. The van der Waals surface area contributed by atoms with Crippen molar-refractivity contribution in [2.24, 2.45) is 0 Å². The van der Waals surface area contributed by atoms with Gasteiger partial charge in [-0.05, 0) is 49.8 Å². The molecule has 0 unspecified atom stereocenters. The van der Waals surface area contributed by atoms with Crippen molar-refractivity contribution in [1.82, 2.24) is 15.0 Å². The molecule has 0 spiro atoms. The molecule has 4 rings (SSSR count). The first-order chi connectivity index (χ1) is 14.1. The molecule has 0 atom stereocenters. The number of rotatable bonds is 2. The van der Waals surface area contributed by atoms with E-state index in [9.17, 15) is 0 Å². The molecule has 0 aliphatic carbocycles. The lowest BCUT2D eigenvalue weighted by molar-refractivity contribution is 0.894. The molecule has 3 heterocycles. The Hall–Kier alpha value is -2.98. The van der Waals surface area contributed by atoms with Gasteiger partial charge >= 0.3 is 0 Å². The highest BCUT2D eigenvalue weighted by atomic mass is 35.5. The van der Waals surface area contributed by atoms with Crippen LogP contribution in [0.1, 0.15) is 25.8 Å². The second-order valence-corrected chi connectivity index (χ2v) is 7.02. The maximum atomic E-state index is 6.26. The molecule has 0 bridgehead atoms. The molecule has 1 aromatic carbocycles. The standard InChI is InChI=1S/C22H19ClN4.C2H6/c1-15-5-6-20-19(13-15)22(26-21(25-20)17-4-3-9-24-14-17)27-10-7-16(2)12-18(23)8-11-27;1-2/h3-6,8-9,11-14H,2,7,10H2,1H3;1-2H3/b11-8-,18-12+;. The van der Waals surface area contributed by atoms with Gasteiger partial charge in [0.05, 0.1) is 5.52 Å². The number of halogens is 1. The van der Waals surface area contributed by atoms with Crippen molar-refractivity contribution in [1.29, 1.82) is 0 Å². The van der Waals surface area contributed by atoms with E-state index in [0.717, 1.165) is 40.8 Å². The summed E-state index contributed by atoms with van der Waals surface area (Å²) in [4.78, 5) is 16.0. The molecule has 5 heteroatoms. The molecular formula is C24H25ClN4. The predicted molar refractivity (Wildman–Crippen MR) is 123 cm³/mol. The summed E-state index contributed by atoms with van der Waals surface area (Å²) in [6.07, 6.45) is 10.1. The number of fused-ring (bicyclic) bond motifs is 1. The minimum absolute atomic E-state index is 0.658. The van der Waals surface area contributed by atoms with E-state index in [1.165, 1.54) is 5.56 Å². The normalized spacial score (nSPS) is 16.9. The lowest BCUT2D eigenvalue weighted by Crippen LogP contribution is -2.20. The molecule has 1 aliphatic rings. The van der Waals surface area contributed by atoms with Gasteiger partial charge in [0.25, 0.3) is 0 Å². The van der Waals surface area contributed by atoms with Crippen molar-refractivity contribution in [2.45, 2.75) is 27.2 Å². The van der Waals surface area contributed by atoms with E-state index in [4.69, 9.17) is 21.6 Å². The number of benzene rings is 1. The molecule has 0 fully saturated rings. The molecule has 2 aromatic heterocycles. The second-order valence-electron chi connectivity index (χ2n) is 6.58. The van der Waals surface area contributed by atoms with Crippen molar-refractivity contribution >= 4 is 28.3 Å². The number of nitrogens with zero attached hydrogens (tertiary/aromatic N) is 4. The van der Waals surface area contributed by atoms with E-state index in [0.29, 0.717) is 10.9 Å². The lowest BCUT2D eigenvalue weighted by atomic mass is 10.1. The van der Waals surface area contributed by atoms with E-state index in [-0.39, 0.29) is 0 Å². The second kappa shape index (κ2) is 9.48. The van der Waals surface area contributed by atoms with Gasteiger partial charge in [-0.15, -0.1) is 0 Å². The fraction of sp³-hybridized carbons (Fsp3) is 0.208.